The number of aromatic nitrogens is 1. The van der Waals surface area contributed by atoms with E-state index in [-0.39, 0.29) is 11.3 Å². The zero-order valence-corrected chi connectivity index (χ0v) is 14.4. The van der Waals surface area contributed by atoms with E-state index in [1.165, 1.54) is 0 Å². The predicted octanol–water partition coefficient (Wildman–Crippen LogP) is 4.68. The fraction of sp³-hybridized carbons (Fsp3) is 0. The Balaban J connectivity index is 1.76. The standard InChI is InChI=1S/C18H9N5S2/c19-9-12(10-20)16(11-21)22-13-5-7-14(8-6-13)24-18-23-15-3-1-2-4-17(15)25-18/h1-8,22H. The summed E-state index contributed by atoms with van der Waals surface area (Å²) in [6.45, 7) is 0. The number of hydrogen-bond acceptors (Lipinski definition) is 7. The third-order valence-electron chi connectivity index (χ3n) is 3.19. The van der Waals surface area contributed by atoms with Gasteiger partial charge in [-0.05, 0) is 36.4 Å². The van der Waals surface area contributed by atoms with Crippen molar-refractivity contribution in [3.05, 3.63) is 59.8 Å². The van der Waals surface area contributed by atoms with Crippen molar-refractivity contribution in [1.82, 2.24) is 4.98 Å². The smallest absolute Gasteiger partial charge is 0.163 e. The molecule has 2 aromatic carbocycles. The van der Waals surface area contributed by atoms with Gasteiger partial charge in [0, 0.05) is 10.6 Å². The van der Waals surface area contributed by atoms with Gasteiger partial charge in [0.1, 0.15) is 23.9 Å². The molecule has 1 N–H and O–H groups in total. The summed E-state index contributed by atoms with van der Waals surface area (Å²) in [6, 6.07) is 20.6. The number of rotatable bonds is 4. The van der Waals surface area contributed by atoms with Crippen LogP contribution in [0.2, 0.25) is 0 Å². The molecule has 5 nitrogen and oxygen atoms in total. The summed E-state index contributed by atoms with van der Waals surface area (Å²) in [6.07, 6.45) is 0. The summed E-state index contributed by atoms with van der Waals surface area (Å²) < 4.78 is 2.10. The fourth-order valence-corrected chi connectivity index (χ4v) is 4.07. The zero-order valence-electron chi connectivity index (χ0n) is 12.7. The number of nitrogens with one attached hydrogen (secondary N) is 1. The number of para-hydroxylation sites is 1. The maximum absolute atomic E-state index is 9.05. The second-order valence-electron chi connectivity index (χ2n) is 4.78. The van der Waals surface area contributed by atoms with Gasteiger partial charge < -0.3 is 5.32 Å². The molecule has 0 bridgehead atoms. The Labute approximate surface area is 152 Å². The number of hydrogen-bond donors (Lipinski definition) is 1. The monoisotopic (exact) mass is 359 g/mol. The van der Waals surface area contributed by atoms with E-state index in [1.54, 1.807) is 47.4 Å². The number of thiazole rings is 1. The van der Waals surface area contributed by atoms with Gasteiger partial charge in [-0.25, -0.2) is 4.98 Å². The second-order valence-corrected chi connectivity index (χ2v) is 7.14. The van der Waals surface area contributed by atoms with Gasteiger partial charge >= 0.3 is 0 Å². The molecule has 0 saturated heterocycles. The summed E-state index contributed by atoms with van der Waals surface area (Å²) in [4.78, 5) is 5.59. The Bertz CT molecular complexity index is 1030. The molecule has 25 heavy (non-hydrogen) atoms. The van der Waals surface area contributed by atoms with Crippen molar-refractivity contribution in [2.45, 2.75) is 9.24 Å². The molecule has 0 saturated carbocycles. The van der Waals surface area contributed by atoms with E-state index in [4.69, 9.17) is 15.8 Å². The molecule has 3 rings (SSSR count). The minimum Gasteiger partial charge on any atom is -0.345 e. The second kappa shape index (κ2) is 7.51. The van der Waals surface area contributed by atoms with E-state index in [0.29, 0.717) is 5.69 Å². The first kappa shape index (κ1) is 16.5. The van der Waals surface area contributed by atoms with Crippen LogP contribution in [0.5, 0.6) is 0 Å². The lowest BCUT2D eigenvalue weighted by Gasteiger charge is -2.05. The summed E-state index contributed by atoms with van der Waals surface area (Å²) >= 11 is 3.19. The van der Waals surface area contributed by atoms with E-state index in [0.717, 1.165) is 19.5 Å². The van der Waals surface area contributed by atoms with Crippen molar-refractivity contribution < 1.29 is 0 Å². The quantitative estimate of drug-likeness (QED) is 0.679. The van der Waals surface area contributed by atoms with Crippen LogP contribution in [0, 0.1) is 34.0 Å². The Morgan fingerprint density at radius 2 is 1.68 bits per heavy atom. The first-order valence-electron chi connectivity index (χ1n) is 7.08. The number of nitriles is 3. The SMILES string of the molecule is N#CC(C#N)=C(C#N)Nc1ccc(Sc2nc3ccccc3s2)cc1. The minimum atomic E-state index is -0.240. The fourth-order valence-electron chi connectivity index (χ4n) is 2.03. The predicted molar refractivity (Wildman–Crippen MR) is 97.7 cm³/mol. The van der Waals surface area contributed by atoms with E-state index < -0.39 is 0 Å². The van der Waals surface area contributed by atoms with E-state index in [2.05, 4.69) is 10.3 Å². The van der Waals surface area contributed by atoms with Crippen LogP contribution in [0.4, 0.5) is 5.69 Å². The molecule has 3 aromatic rings. The number of allylic oxidation sites excluding steroid dienone is 2. The molecule has 118 valence electrons. The first-order chi connectivity index (χ1) is 12.2. The molecule has 0 unspecified atom stereocenters. The Morgan fingerprint density at radius 3 is 2.32 bits per heavy atom. The van der Waals surface area contributed by atoms with Crippen molar-refractivity contribution >= 4 is 39.0 Å². The zero-order chi connectivity index (χ0) is 17.6. The lowest BCUT2D eigenvalue weighted by atomic mass is 10.2. The minimum absolute atomic E-state index is 0.0587. The van der Waals surface area contributed by atoms with Gasteiger partial charge in [0.05, 0.1) is 10.2 Å². The number of anilines is 1. The van der Waals surface area contributed by atoms with Crippen LogP contribution in [-0.4, -0.2) is 4.98 Å². The summed E-state index contributed by atoms with van der Waals surface area (Å²) in [7, 11) is 0. The lowest BCUT2D eigenvalue weighted by molar-refractivity contribution is 1.29. The molecule has 0 radical (unpaired) electrons. The molecule has 1 aromatic heterocycles. The van der Waals surface area contributed by atoms with Crippen molar-refractivity contribution in [2.75, 3.05) is 5.32 Å². The van der Waals surface area contributed by atoms with Crippen molar-refractivity contribution in [3.8, 4) is 18.2 Å². The van der Waals surface area contributed by atoms with E-state index >= 15 is 0 Å². The number of nitrogens with zero attached hydrogens (tertiary/aromatic N) is 4. The van der Waals surface area contributed by atoms with Crippen molar-refractivity contribution in [2.24, 2.45) is 0 Å². The maximum Gasteiger partial charge on any atom is 0.163 e. The van der Waals surface area contributed by atoms with Crippen LogP contribution in [0.3, 0.4) is 0 Å². The van der Waals surface area contributed by atoms with E-state index in [9.17, 15) is 0 Å². The van der Waals surface area contributed by atoms with Gasteiger partial charge in [0.15, 0.2) is 9.91 Å². The normalized spacial score (nSPS) is 9.64. The number of fused-ring (bicyclic) bond motifs is 1. The summed E-state index contributed by atoms with van der Waals surface area (Å²) in [5.74, 6) is 0. The van der Waals surface area contributed by atoms with Crippen LogP contribution >= 0.6 is 23.1 Å². The van der Waals surface area contributed by atoms with Gasteiger partial charge in [0.2, 0.25) is 0 Å². The Kier molecular flexibility index (Phi) is 4.97. The van der Waals surface area contributed by atoms with Gasteiger partial charge in [-0.1, -0.05) is 23.9 Å². The molecule has 0 aliphatic heterocycles. The molecule has 1 heterocycles. The van der Waals surface area contributed by atoms with Crippen LogP contribution in [0.1, 0.15) is 0 Å². The van der Waals surface area contributed by atoms with Crippen molar-refractivity contribution in [1.29, 1.82) is 15.8 Å². The van der Waals surface area contributed by atoms with Crippen LogP contribution < -0.4 is 5.32 Å². The summed E-state index contributed by atoms with van der Waals surface area (Å²) in [5, 5.41) is 29.5. The molecule has 7 heteroatoms. The largest absolute Gasteiger partial charge is 0.345 e. The molecular formula is C18H9N5S2. The third kappa shape index (κ3) is 3.79. The highest BCUT2D eigenvalue weighted by atomic mass is 32.2. The first-order valence-corrected chi connectivity index (χ1v) is 8.72. The number of benzene rings is 2. The van der Waals surface area contributed by atoms with E-state index in [1.807, 2.05) is 42.5 Å². The average Bonchev–Trinajstić information content (AvgIpc) is 3.05. The highest BCUT2D eigenvalue weighted by molar-refractivity contribution is 8.01. The summed E-state index contributed by atoms with van der Waals surface area (Å²) in [5.41, 5.74) is 1.32. The van der Waals surface area contributed by atoms with Gasteiger partial charge in [-0.15, -0.1) is 11.3 Å². The molecule has 0 aliphatic carbocycles. The maximum atomic E-state index is 9.05. The van der Waals surface area contributed by atoms with Gasteiger partial charge in [-0.3, -0.25) is 0 Å². The molecule has 0 amide bonds. The Hall–Kier alpha value is -3.31. The highest BCUT2D eigenvalue weighted by Crippen LogP contribution is 2.34. The van der Waals surface area contributed by atoms with Gasteiger partial charge in [0.25, 0.3) is 0 Å². The molecule has 0 spiro atoms. The molecule has 0 fully saturated rings. The van der Waals surface area contributed by atoms with Crippen LogP contribution in [0.25, 0.3) is 10.2 Å². The topological polar surface area (TPSA) is 96.3 Å². The third-order valence-corrected chi connectivity index (χ3v) is 5.29. The van der Waals surface area contributed by atoms with Crippen molar-refractivity contribution in [3.63, 3.8) is 0 Å². The molecule has 0 atom stereocenters. The van der Waals surface area contributed by atoms with Crippen LogP contribution in [0.15, 0.2) is 69.0 Å². The van der Waals surface area contributed by atoms with Gasteiger partial charge in [-0.2, -0.15) is 15.8 Å². The highest BCUT2D eigenvalue weighted by Gasteiger charge is 2.08. The average molecular weight is 359 g/mol. The van der Waals surface area contributed by atoms with Crippen LogP contribution in [-0.2, 0) is 0 Å². The molecule has 0 aliphatic rings. The lowest BCUT2D eigenvalue weighted by Crippen LogP contribution is -2.00. The molecular weight excluding hydrogens is 350 g/mol. The Morgan fingerprint density at radius 1 is 0.960 bits per heavy atom.